The van der Waals surface area contributed by atoms with E-state index in [0.717, 1.165) is 0 Å². The number of primary amides is 1. The van der Waals surface area contributed by atoms with Crippen LogP contribution in [-0.4, -0.2) is 27.5 Å². The number of hydrogen-bond acceptors (Lipinski definition) is 6. The highest BCUT2D eigenvalue weighted by Gasteiger charge is 2.13. The molecular weight excluding hydrogens is 284 g/mol. The molecule has 0 aliphatic carbocycles. The average Bonchev–Trinajstić information content (AvgIpc) is 2.38. The molecule has 0 aliphatic heterocycles. The molecule has 1 amide bonds. The number of nitrogens with zero attached hydrogens (tertiary/aromatic N) is 3. The third-order valence-corrected chi connectivity index (χ3v) is 2.36. The molecule has 104 valence electrons. The third kappa shape index (κ3) is 3.33. The van der Waals surface area contributed by atoms with Crippen LogP contribution in [0.4, 0.5) is 0 Å². The van der Waals surface area contributed by atoms with E-state index in [9.17, 15) is 4.79 Å². The number of aromatic nitrogens is 3. The van der Waals surface area contributed by atoms with Crippen LogP contribution in [-0.2, 0) is 0 Å². The largest absolute Gasteiger partial charge is 0.464 e. The molecule has 0 aliphatic rings. The summed E-state index contributed by atoms with van der Waals surface area (Å²) in [6.07, 6.45) is 0. The number of rotatable bonds is 5. The van der Waals surface area contributed by atoms with Crippen molar-refractivity contribution in [2.75, 3.05) is 6.61 Å². The number of ether oxygens (including phenoxy) is 2. The molecule has 0 fully saturated rings. The molecule has 2 aromatic rings. The van der Waals surface area contributed by atoms with Gasteiger partial charge < -0.3 is 15.2 Å². The maximum Gasteiger partial charge on any atom is 0.329 e. The maximum atomic E-state index is 11.3. The fourth-order valence-corrected chi connectivity index (χ4v) is 1.56. The van der Waals surface area contributed by atoms with Crippen molar-refractivity contribution in [1.29, 1.82) is 0 Å². The van der Waals surface area contributed by atoms with Crippen LogP contribution < -0.4 is 15.2 Å². The van der Waals surface area contributed by atoms with Gasteiger partial charge in [-0.2, -0.15) is 9.97 Å². The monoisotopic (exact) mass is 294 g/mol. The zero-order valence-electron chi connectivity index (χ0n) is 10.5. The highest BCUT2D eigenvalue weighted by Crippen LogP contribution is 2.24. The number of amides is 1. The van der Waals surface area contributed by atoms with Crippen LogP contribution in [0.15, 0.2) is 24.3 Å². The van der Waals surface area contributed by atoms with Gasteiger partial charge in [0.25, 0.3) is 5.91 Å². The number of halogens is 1. The molecule has 0 radical (unpaired) electrons. The zero-order valence-corrected chi connectivity index (χ0v) is 11.3. The highest BCUT2D eigenvalue weighted by atomic mass is 35.5. The highest BCUT2D eigenvalue weighted by molar-refractivity contribution is 6.28. The van der Waals surface area contributed by atoms with Crippen LogP contribution in [0, 0.1) is 0 Å². The van der Waals surface area contributed by atoms with E-state index in [-0.39, 0.29) is 28.6 Å². The smallest absolute Gasteiger partial charge is 0.329 e. The fraction of sp³-hybridized carbons (Fsp3) is 0.167. The molecule has 2 N–H and O–H groups in total. The molecule has 0 atom stereocenters. The van der Waals surface area contributed by atoms with Crippen molar-refractivity contribution < 1.29 is 14.3 Å². The Bertz CT molecular complexity index is 636. The number of para-hydroxylation sites is 1. The molecule has 1 heterocycles. The Morgan fingerprint density at radius 3 is 2.65 bits per heavy atom. The summed E-state index contributed by atoms with van der Waals surface area (Å²) in [5.74, 6) is -0.393. The lowest BCUT2D eigenvalue weighted by molar-refractivity contribution is 0.0998. The van der Waals surface area contributed by atoms with E-state index >= 15 is 0 Å². The zero-order chi connectivity index (χ0) is 14.5. The summed E-state index contributed by atoms with van der Waals surface area (Å²) in [7, 11) is 0. The van der Waals surface area contributed by atoms with Gasteiger partial charge in [0.2, 0.25) is 5.28 Å². The molecule has 8 heteroatoms. The molecule has 2 rings (SSSR count). The summed E-state index contributed by atoms with van der Waals surface area (Å²) in [5.41, 5.74) is 5.46. The van der Waals surface area contributed by atoms with Gasteiger partial charge in [-0.3, -0.25) is 4.79 Å². The van der Waals surface area contributed by atoms with Gasteiger partial charge in [-0.05, 0) is 30.7 Å². The van der Waals surface area contributed by atoms with Crippen LogP contribution in [0.1, 0.15) is 17.3 Å². The van der Waals surface area contributed by atoms with Crippen LogP contribution in [0.3, 0.4) is 0 Å². The molecule has 0 saturated heterocycles. The number of carbonyl (C=O) groups excluding carboxylic acids is 1. The Balaban J connectivity index is 2.32. The average molecular weight is 295 g/mol. The van der Waals surface area contributed by atoms with Crippen LogP contribution >= 0.6 is 11.6 Å². The van der Waals surface area contributed by atoms with Crippen molar-refractivity contribution in [3.05, 3.63) is 35.1 Å². The Morgan fingerprint density at radius 2 is 1.95 bits per heavy atom. The minimum absolute atomic E-state index is 0.0408. The minimum atomic E-state index is -0.620. The molecule has 1 aromatic carbocycles. The molecule has 0 unspecified atom stereocenters. The van der Waals surface area contributed by atoms with E-state index < -0.39 is 5.91 Å². The molecule has 1 aromatic heterocycles. The first kappa shape index (κ1) is 14.0. The first-order valence-corrected chi connectivity index (χ1v) is 6.09. The second-order valence-corrected chi connectivity index (χ2v) is 3.90. The van der Waals surface area contributed by atoms with Crippen molar-refractivity contribution in [2.24, 2.45) is 5.73 Å². The third-order valence-electron chi connectivity index (χ3n) is 2.19. The Hall–Kier alpha value is -2.41. The lowest BCUT2D eigenvalue weighted by atomic mass is 10.2. The maximum absolute atomic E-state index is 11.3. The fourth-order valence-electron chi connectivity index (χ4n) is 1.41. The van der Waals surface area contributed by atoms with E-state index in [0.29, 0.717) is 6.61 Å². The van der Waals surface area contributed by atoms with E-state index in [1.54, 1.807) is 25.1 Å². The van der Waals surface area contributed by atoms with Gasteiger partial charge in [0, 0.05) is 0 Å². The van der Waals surface area contributed by atoms with Crippen molar-refractivity contribution in [3.8, 4) is 17.8 Å². The summed E-state index contributed by atoms with van der Waals surface area (Å²) in [6, 6.07) is 6.41. The summed E-state index contributed by atoms with van der Waals surface area (Å²) < 4.78 is 10.5. The Labute approximate surface area is 119 Å². The quantitative estimate of drug-likeness (QED) is 0.902. The van der Waals surface area contributed by atoms with Gasteiger partial charge >= 0.3 is 12.0 Å². The second-order valence-electron chi connectivity index (χ2n) is 3.57. The minimum Gasteiger partial charge on any atom is -0.464 e. The van der Waals surface area contributed by atoms with Gasteiger partial charge in [-0.25, -0.2) is 0 Å². The lowest BCUT2D eigenvalue weighted by Crippen LogP contribution is -2.12. The summed E-state index contributed by atoms with van der Waals surface area (Å²) in [4.78, 5) is 22.8. The predicted octanol–water partition coefficient (Wildman–Crippen LogP) is 1.81. The van der Waals surface area contributed by atoms with E-state index in [2.05, 4.69) is 15.0 Å². The number of carbonyl (C=O) groups is 1. The topological polar surface area (TPSA) is 100 Å². The van der Waals surface area contributed by atoms with Crippen molar-refractivity contribution in [1.82, 2.24) is 15.0 Å². The van der Waals surface area contributed by atoms with Gasteiger partial charge in [0.1, 0.15) is 5.75 Å². The first-order valence-electron chi connectivity index (χ1n) is 5.71. The Kier molecular flexibility index (Phi) is 4.31. The molecular formula is C12H11ClN4O3. The molecule has 0 spiro atoms. The van der Waals surface area contributed by atoms with Crippen LogP contribution in [0.25, 0.3) is 0 Å². The molecule has 20 heavy (non-hydrogen) atoms. The molecule has 0 bridgehead atoms. The van der Waals surface area contributed by atoms with Gasteiger partial charge in [-0.15, -0.1) is 4.98 Å². The second kappa shape index (κ2) is 6.16. The Morgan fingerprint density at radius 1 is 1.25 bits per heavy atom. The van der Waals surface area contributed by atoms with Crippen molar-refractivity contribution >= 4 is 17.5 Å². The van der Waals surface area contributed by atoms with Crippen LogP contribution in [0.5, 0.6) is 17.8 Å². The normalized spacial score (nSPS) is 10.1. The molecule has 0 saturated carbocycles. The number of nitrogens with two attached hydrogens (primary N) is 1. The van der Waals surface area contributed by atoms with Gasteiger partial charge in [0.05, 0.1) is 12.2 Å². The van der Waals surface area contributed by atoms with Crippen molar-refractivity contribution in [2.45, 2.75) is 6.92 Å². The number of benzene rings is 1. The van der Waals surface area contributed by atoms with Gasteiger partial charge in [-0.1, -0.05) is 12.1 Å². The SMILES string of the molecule is CCOc1nc(Cl)nc(Oc2ccccc2C(N)=O)n1. The van der Waals surface area contributed by atoms with Crippen molar-refractivity contribution in [3.63, 3.8) is 0 Å². The lowest BCUT2D eigenvalue weighted by Gasteiger charge is -2.08. The van der Waals surface area contributed by atoms with E-state index in [1.165, 1.54) is 6.07 Å². The number of hydrogen-bond donors (Lipinski definition) is 1. The standard InChI is InChI=1S/C12H11ClN4O3/c1-2-19-11-15-10(13)16-12(17-11)20-8-6-4-3-5-7(8)9(14)18/h3-6H,2H2,1H3,(H2,14,18). The summed E-state index contributed by atoms with van der Waals surface area (Å²) >= 11 is 5.74. The summed E-state index contributed by atoms with van der Waals surface area (Å²) in [6.45, 7) is 2.15. The molecule has 7 nitrogen and oxygen atoms in total. The summed E-state index contributed by atoms with van der Waals surface area (Å²) in [5, 5.41) is -0.0741. The van der Waals surface area contributed by atoms with E-state index in [1.807, 2.05) is 0 Å². The predicted molar refractivity (Wildman–Crippen MR) is 71.0 cm³/mol. The van der Waals surface area contributed by atoms with Gasteiger partial charge in [0.15, 0.2) is 0 Å². The van der Waals surface area contributed by atoms with E-state index in [4.69, 9.17) is 26.8 Å². The first-order chi connectivity index (χ1) is 9.60. The van der Waals surface area contributed by atoms with Crippen LogP contribution in [0.2, 0.25) is 5.28 Å².